The van der Waals surface area contributed by atoms with Gasteiger partial charge in [-0.2, -0.15) is 0 Å². The van der Waals surface area contributed by atoms with E-state index in [1.165, 1.54) is 19.3 Å². The number of carbonyl (C=O) groups is 1. The first kappa shape index (κ1) is 14.3. The van der Waals surface area contributed by atoms with E-state index in [0.717, 1.165) is 16.7 Å². The van der Waals surface area contributed by atoms with Gasteiger partial charge in [0.15, 0.2) is 5.78 Å². The molecule has 2 atom stereocenters. The maximum atomic E-state index is 12.5. The summed E-state index contributed by atoms with van der Waals surface area (Å²) in [7, 11) is 0. The number of rotatable bonds is 3. The molecule has 0 N–H and O–H groups in total. The molecule has 19 heavy (non-hydrogen) atoms. The van der Waals surface area contributed by atoms with E-state index in [-0.39, 0.29) is 5.78 Å². The Balaban J connectivity index is 2.14. The number of nitrogens with zero attached hydrogens (tertiary/aromatic N) is 1. The molecule has 0 bridgehead atoms. The fourth-order valence-electron chi connectivity index (χ4n) is 3.07. The van der Waals surface area contributed by atoms with Crippen molar-refractivity contribution >= 4 is 5.78 Å². The maximum Gasteiger partial charge on any atom is 0.177 e. The Morgan fingerprint density at radius 3 is 2.47 bits per heavy atom. The molecule has 1 heterocycles. The third-order valence-corrected chi connectivity index (χ3v) is 4.40. The smallest absolute Gasteiger partial charge is 0.177 e. The number of benzene rings is 1. The normalized spacial score (nSPS) is 24.4. The highest BCUT2D eigenvalue weighted by atomic mass is 16.1. The molecule has 1 saturated heterocycles. The first-order chi connectivity index (χ1) is 8.99. The molecule has 0 aromatic heterocycles. The van der Waals surface area contributed by atoms with Gasteiger partial charge in [0.05, 0.1) is 6.54 Å². The van der Waals surface area contributed by atoms with Crippen molar-refractivity contribution in [3.63, 3.8) is 0 Å². The van der Waals surface area contributed by atoms with Crippen LogP contribution in [0.1, 0.15) is 54.6 Å². The zero-order valence-electron chi connectivity index (χ0n) is 12.6. The van der Waals surface area contributed by atoms with Crippen molar-refractivity contribution in [2.75, 3.05) is 6.54 Å². The molecular weight excluding hydrogens is 234 g/mol. The number of aryl methyl sites for hydroxylation is 2. The van der Waals surface area contributed by atoms with Gasteiger partial charge in [0.25, 0.3) is 0 Å². The fourth-order valence-corrected chi connectivity index (χ4v) is 3.07. The summed E-state index contributed by atoms with van der Waals surface area (Å²) in [6.07, 6.45) is 3.71. The number of hydrogen-bond acceptors (Lipinski definition) is 2. The quantitative estimate of drug-likeness (QED) is 0.771. The summed E-state index contributed by atoms with van der Waals surface area (Å²) in [6.45, 7) is 9.11. The van der Waals surface area contributed by atoms with E-state index in [2.05, 4.69) is 24.8 Å². The summed E-state index contributed by atoms with van der Waals surface area (Å²) in [4.78, 5) is 14.9. The van der Waals surface area contributed by atoms with Crippen molar-refractivity contribution < 1.29 is 4.79 Å². The monoisotopic (exact) mass is 259 g/mol. The van der Waals surface area contributed by atoms with E-state index in [9.17, 15) is 4.79 Å². The average Bonchev–Trinajstić information content (AvgIpc) is 2.37. The molecule has 0 aliphatic carbocycles. The maximum absolute atomic E-state index is 12.5. The van der Waals surface area contributed by atoms with E-state index in [1.807, 2.05) is 26.0 Å². The number of hydrogen-bond donors (Lipinski definition) is 0. The van der Waals surface area contributed by atoms with Crippen LogP contribution in [-0.2, 0) is 0 Å². The van der Waals surface area contributed by atoms with E-state index in [0.29, 0.717) is 18.6 Å². The standard InChI is InChI=1S/C17H25NO/c1-12-8-9-13(2)16(10-12)17(19)11-18-14(3)6-5-7-15(18)4/h8-10,14-15H,5-7,11H2,1-4H3. The summed E-state index contributed by atoms with van der Waals surface area (Å²) in [6, 6.07) is 7.19. The fraction of sp³-hybridized carbons (Fsp3) is 0.588. The van der Waals surface area contributed by atoms with Gasteiger partial charge in [0, 0.05) is 17.6 Å². The minimum Gasteiger partial charge on any atom is -0.293 e. The molecule has 2 unspecified atom stereocenters. The zero-order valence-corrected chi connectivity index (χ0v) is 12.6. The van der Waals surface area contributed by atoms with Crippen molar-refractivity contribution in [2.24, 2.45) is 0 Å². The third-order valence-electron chi connectivity index (χ3n) is 4.40. The lowest BCUT2D eigenvalue weighted by molar-refractivity contribution is 0.0733. The summed E-state index contributed by atoms with van der Waals surface area (Å²) in [5.41, 5.74) is 3.14. The first-order valence-electron chi connectivity index (χ1n) is 7.35. The van der Waals surface area contributed by atoms with Crippen LogP contribution < -0.4 is 0 Å². The largest absolute Gasteiger partial charge is 0.293 e. The number of likely N-dealkylation sites (tertiary alicyclic amines) is 1. The first-order valence-corrected chi connectivity index (χ1v) is 7.35. The second-order valence-electron chi connectivity index (χ2n) is 6.04. The number of piperidine rings is 1. The Morgan fingerprint density at radius 1 is 1.21 bits per heavy atom. The van der Waals surface area contributed by atoms with Crippen LogP contribution in [0.25, 0.3) is 0 Å². The van der Waals surface area contributed by atoms with Crippen LogP contribution in [0, 0.1) is 13.8 Å². The van der Waals surface area contributed by atoms with Crippen molar-refractivity contribution in [3.8, 4) is 0 Å². The average molecular weight is 259 g/mol. The summed E-state index contributed by atoms with van der Waals surface area (Å²) < 4.78 is 0. The molecule has 0 saturated carbocycles. The molecular formula is C17H25NO. The molecule has 2 heteroatoms. The van der Waals surface area contributed by atoms with Crippen LogP contribution >= 0.6 is 0 Å². The van der Waals surface area contributed by atoms with Gasteiger partial charge in [0.2, 0.25) is 0 Å². The molecule has 2 nitrogen and oxygen atoms in total. The van der Waals surface area contributed by atoms with Gasteiger partial charge >= 0.3 is 0 Å². The number of carbonyl (C=O) groups excluding carboxylic acids is 1. The van der Waals surface area contributed by atoms with Crippen LogP contribution in [0.3, 0.4) is 0 Å². The van der Waals surface area contributed by atoms with E-state index in [4.69, 9.17) is 0 Å². The molecule has 1 aromatic carbocycles. The lowest BCUT2D eigenvalue weighted by Crippen LogP contribution is -2.46. The molecule has 1 aromatic rings. The molecule has 0 spiro atoms. The van der Waals surface area contributed by atoms with E-state index in [1.54, 1.807) is 0 Å². The SMILES string of the molecule is Cc1ccc(C)c(C(=O)CN2C(C)CCCC2C)c1. The minimum atomic E-state index is 0.266. The highest BCUT2D eigenvalue weighted by Crippen LogP contribution is 2.23. The second-order valence-corrected chi connectivity index (χ2v) is 6.04. The van der Waals surface area contributed by atoms with E-state index >= 15 is 0 Å². The van der Waals surface area contributed by atoms with Crippen molar-refractivity contribution in [3.05, 3.63) is 34.9 Å². The van der Waals surface area contributed by atoms with Gasteiger partial charge in [-0.3, -0.25) is 9.69 Å². The molecule has 0 amide bonds. The molecule has 2 rings (SSSR count). The third kappa shape index (κ3) is 3.24. The van der Waals surface area contributed by atoms with Gasteiger partial charge in [0.1, 0.15) is 0 Å². The molecule has 1 aliphatic heterocycles. The van der Waals surface area contributed by atoms with Crippen LogP contribution in [0.15, 0.2) is 18.2 Å². The number of Topliss-reactive ketones (excluding diaryl/α,β-unsaturated/α-hetero) is 1. The van der Waals surface area contributed by atoms with Crippen LogP contribution in [0.4, 0.5) is 0 Å². The van der Waals surface area contributed by atoms with Gasteiger partial charge in [-0.15, -0.1) is 0 Å². The molecule has 104 valence electrons. The summed E-state index contributed by atoms with van der Waals surface area (Å²) >= 11 is 0. The summed E-state index contributed by atoms with van der Waals surface area (Å²) in [5, 5.41) is 0. The Labute approximate surface area is 116 Å². The topological polar surface area (TPSA) is 20.3 Å². The number of ketones is 1. The van der Waals surface area contributed by atoms with Gasteiger partial charge in [-0.1, -0.05) is 24.1 Å². The minimum absolute atomic E-state index is 0.266. The van der Waals surface area contributed by atoms with Crippen LogP contribution in [0.5, 0.6) is 0 Å². The highest BCUT2D eigenvalue weighted by Gasteiger charge is 2.26. The lowest BCUT2D eigenvalue weighted by Gasteiger charge is -2.38. The van der Waals surface area contributed by atoms with Crippen LogP contribution in [0.2, 0.25) is 0 Å². The molecule has 1 aliphatic rings. The van der Waals surface area contributed by atoms with Crippen molar-refractivity contribution in [1.82, 2.24) is 4.90 Å². The van der Waals surface area contributed by atoms with Gasteiger partial charge < -0.3 is 0 Å². The predicted octanol–water partition coefficient (Wildman–Crippen LogP) is 3.75. The zero-order chi connectivity index (χ0) is 14.0. The lowest BCUT2D eigenvalue weighted by atomic mass is 9.95. The molecule has 1 fully saturated rings. The van der Waals surface area contributed by atoms with E-state index < -0.39 is 0 Å². The Hall–Kier alpha value is -1.15. The highest BCUT2D eigenvalue weighted by molar-refractivity contribution is 5.99. The Kier molecular flexibility index (Phi) is 4.41. The predicted molar refractivity (Wildman–Crippen MR) is 79.7 cm³/mol. The van der Waals surface area contributed by atoms with Gasteiger partial charge in [-0.05, 0) is 52.2 Å². The Bertz CT molecular complexity index is 456. The molecule has 0 radical (unpaired) electrons. The van der Waals surface area contributed by atoms with Crippen LogP contribution in [-0.4, -0.2) is 29.3 Å². The van der Waals surface area contributed by atoms with Crippen molar-refractivity contribution in [1.29, 1.82) is 0 Å². The Morgan fingerprint density at radius 2 is 1.84 bits per heavy atom. The second kappa shape index (κ2) is 5.87. The van der Waals surface area contributed by atoms with Gasteiger partial charge in [-0.25, -0.2) is 0 Å². The van der Waals surface area contributed by atoms with Crippen molar-refractivity contribution in [2.45, 2.75) is 59.0 Å². The summed E-state index contributed by atoms with van der Waals surface area (Å²) in [5.74, 6) is 0.266.